The Hall–Kier alpha value is -2.99. The number of hydrogen-bond acceptors (Lipinski definition) is 5. The molecule has 0 saturated carbocycles. The third-order valence-electron chi connectivity index (χ3n) is 5.78. The highest BCUT2D eigenvalue weighted by molar-refractivity contribution is 7.89. The predicted octanol–water partition coefficient (Wildman–Crippen LogP) is 3.34. The van der Waals surface area contributed by atoms with Gasteiger partial charge >= 0.3 is 6.18 Å². The van der Waals surface area contributed by atoms with Crippen LogP contribution in [0.25, 0.3) is 5.65 Å². The van der Waals surface area contributed by atoms with E-state index in [1.807, 2.05) is 13.8 Å². The van der Waals surface area contributed by atoms with Gasteiger partial charge in [0.15, 0.2) is 11.5 Å². The molecule has 0 spiro atoms. The molecule has 1 saturated heterocycles. The van der Waals surface area contributed by atoms with Gasteiger partial charge in [-0.25, -0.2) is 8.42 Å². The van der Waals surface area contributed by atoms with Crippen LogP contribution in [-0.2, 0) is 22.7 Å². The number of hydrogen-bond donors (Lipinski definition) is 1. The molecule has 8 nitrogen and oxygen atoms in total. The summed E-state index contributed by atoms with van der Waals surface area (Å²) in [6.07, 6.45) is -2.71. The number of carbonyl (C=O) groups is 1. The molecule has 2 atom stereocenters. The second kappa shape index (κ2) is 8.99. The highest BCUT2D eigenvalue weighted by Crippen LogP contribution is 2.29. The van der Waals surface area contributed by atoms with Crippen molar-refractivity contribution < 1.29 is 26.4 Å². The molecule has 0 radical (unpaired) electrons. The highest BCUT2D eigenvalue weighted by Gasteiger charge is 2.32. The van der Waals surface area contributed by atoms with Crippen LogP contribution < -0.4 is 5.32 Å². The van der Waals surface area contributed by atoms with E-state index in [0.717, 1.165) is 23.1 Å². The van der Waals surface area contributed by atoms with E-state index in [1.54, 1.807) is 0 Å². The summed E-state index contributed by atoms with van der Waals surface area (Å²) in [7, 11) is -3.77. The van der Waals surface area contributed by atoms with E-state index in [9.17, 15) is 26.4 Å². The van der Waals surface area contributed by atoms with Crippen LogP contribution >= 0.6 is 0 Å². The lowest BCUT2D eigenvalue weighted by Gasteiger charge is -2.34. The zero-order valence-electron chi connectivity index (χ0n) is 18.6. The van der Waals surface area contributed by atoms with Crippen molar-refractivity contribution in [2.45, 2.75) is 37.9 Å². The Balaban J connectivity index is 1.51. The third kappa shape index (κ3) is 4.92. The number of aromatic nitrogens is 3. The number of nitrogens with zero attached hydrogens (tertiary/aromatic N) is 4. The van der Waals surface area contributed by atoms with Gasteiger partial charge < -0.3 is 5.32 Å². The van der Waals surface area contributed by atoms with Crippen molar-refractivity contribution in [2.24, 2.45) is 11.8 Å². The summed E-state index contributed by atoms with van der Waals surface area (Å²) in [5.74, 6) is -0.00244. The Morgan fingerprint density at radius 3 is 2.50 bits per heavy atom. The first kappa shape index (κ1) is 24.1. The zero-order chi connectivity index (χ0) is 24.7. The minimum atomic E-state index is -4.53. The number of pyridine rings is 1. The molecular formula is C22H24F3N5O3S. The molecule has 2 aromatic heterocycles. The molecule has 182 valence electrons. The number of carbonyl (C=O) groups excluding carboxylic acids is 1. The van der Waals surface area contributed by atoms with Gasteiger partial charge in [-0.15, -0.1) is 10.2 Å². The van der Waals surface area contributed by atoms with E-state index in [2.05, 4.69) is 15.5 Å². The number of amides is 1. The van der Waals surface area contributed by atoms with Gasteiger partial charge in [-0.05, 0) is 48.6 Å². The Labute approximate surface area is 194 Å². The average Bonchev–Trinajstić information content (AvgIpc) is 3.18. The topological polar surface area (TPSA) is 96.7 Å². The summed E-state index contributed by atoms with van der Waals surface area (Å²) >= 11 is 0. The van der Waals surface area contributed by atoms with E-state index in [4.69, 9.17) is 0 Å². The Kier molecular flexibility index (Phi) is 6.38. The molecule has 1 aliphatic rings. The first-order valence-electron chi connectivity index (χ1n) is 10.7. The van der Waals surface area contributed by atoms with E-state index >= 15 is 0 Å². The van der Waals surface area contributed by atoms with Crippen LogP contribution in [0.5, 0.6) is 0 Å². The summed E-state index contributed by atoms with van der Waals surface area (Å²) in [6.45, 7) is 4.66. The normalized spacial score (nSPS) is 19.9. The van der Waals surface area contributed by atoms with Crippen LogP contribution in [0.15, 0.2) is 47.5 Å². The number of sulfonamides is 1. The molecule has 0 bridgehead atoms. The maximum Gasteiger partial charge on any atom is 0.417 e. The number of benzene rings is 1. The van der Waals surface area contributed by atoms with E-state index in [1.165, 1.54) is 34.6 Å². The van der Waals surface area contributed by atoms with E-state index in [0.29, 0.717) is 13.1 Å². The number of piperidine rings is 1. The van der Waals surface area contributed by atoms with Gasteiger partial charge in [0.25, 0.3) is 5.91 Å². The Morgan fingerprint density at radius 1 is 1.12 bits per heavy atom. The van der Waals surface area contributed by atoms with E-state index in [-0.39, 0.29) is 40.3 Å². The zero-order valence-corrected chi connectivity index (χ0v) is 19.4. The summed E-state index contributed by atoms with van der Waals surface area (Å²) in [5, 5.41) is 10.2. The first-order valence-corrected chi connectivity index (χ1v) is 12.2. The van der Waals surface area contributed by atoms with Crippen molar-refractivity contribution in [2.75, 3.05) is 13.1 Å². The van der Waals surface area contributed by atoms with Crippen LogP contribution in [0.4, 0.5) is 13.2 Å². The minimum absolute atomic E-state index is 0.0178. The molecule has 3 heterocycles. The second-order valence-corrected chi connectivity index (χ2v) is 10.7. The molecular weight excluding hydrogens is 471 g/mol. The smallest absolute Gasteiger partial charge is 0.345 e. The first-order chi connectivity index (χ1) is 15.9. The minimum Gasteiger partial charge on any atom is -0.345 e. The molecule has 12 heteroatoms. The van der Waals surface area contributed by atoms with Crippen molar-refractivity contribution in [3.63, 3.8) is 0 Å². The van der Waals surface area contributed by atoms with Crippen LogP contribution in [0.2, 0.25) is 0 Å². The Morgan fingerprint density at radius 2 is 1.82 bits per heavy atom. The number of alkyl halides is 3. The summed E-state index contributed by atoms with van der Waals surface area (Å²) in [5.41, 5.74) is -0.550. The average molecular weight is 496 g/mol. The molecule has 4 rings (SSSR count). The fourth-order valence-corrected chi connectivity index (χ4v) is 5.96. The SMILES string of the molecule is C[C@@H]1C[C@@H](C)CN(S(=O)(=O)c2cccc(C(=O)NCc3nnc4ccc(C(F)(F)F)cn34)c2)C1. The number of halogens is 3. The molecule has 0 aliphatic carbocycles. The molecule has 3 aromatic rings. The van der Waals surface area contributed by atoms with Gasteiger partial charge in [0.1, 0.15) is 0 Å². The quantitative estimate of drug-likeness (QED) is 0.586. The van der Waals surface area contributed by atoms with Crippen molar-refractivity contribution in [3.8, 4) is 0 Å². The lowest BCUT2D eigenvalue weighted by molar-refractivity contribution is -0.137. The van der Waals surface area contributed by atoms with Gasteiger partial charge in [-0.2, -0.15) is 17.5 Å². The summed E-state index contributed by atoms with van der Waals surface area (Å²) in [4.78, 5) is 12.7. The summed E-state index contributed by atoms with van der Waals surface area (Å²) < 4.78 is 68.0. The summed E-state index contributed by atoms with van der Waals surface area (Å²) in [6, 6.07) is 7.80. The lowest BCUT2D eigenvalue weighted by Crippen LogP contribution is -2.42. The van der Waals surface area contributed by atoms with Crippen LogP contribution in [0.1, 0.15) is 42.0 Å². The van der Waals surface area contributed by atoms with Gasteiger partial charge in [0.05, 0.1) is 17.0 Å². The second-order valence-electron chi connectivity index (χ2n) is 8.74. The predicted molar refractivity (Wildman–Crippen MR) is 117 cm³/mol. The maximum absolute atomic E-state index is 13.1. The number of nitrogens with one attached hydrogen (secondary N) is 1. The lowest BCUT2D eigenvalue weighted by atomic mass is 9.94. The molecule has 34 heavy (non-hydrogen) atoms. The van der Waals surface area contributed by atoms with Crippen molar-refractivity contribution in [1.29, 1.82) is 0 Å². The molecule has 1 aromatic carbocycles. The van der Waals surface area contributed by atoms with Gasteiger partial charge in [0, 0.05) is 24.8 Å². The number of rotatable bonds is 5. The maximum atomic E-state index is 13.1. The molecule has 1 fully saturated rings. The Bertz CT molecular complexity index is 1310. The van der Waals surface area contributed by atoms with Gasteiger partial charge in [-0.3, -0.25) is 9.20 Å². The van der Waals surface area contributed by atoms with Crippen LogP contribution in [-0.4, -0.2) is 46.3 Å². The van der Waals surface area contributed by atoms with Crippen molar-refractivity contribution >= 4 is 21.6 Å². The van der Waals surface area contributed by atoms with Gasteiger partial charge in [0.2, 0.25) is 10.0 Å². The van der Waals surface area contributed by atoms with Crippen LogP contribution in [0.3, 0.4) is 0 Å². The van der Waals surface area contributed by atoms with Crippen molar-refractivity contribution in [3.05, 3.63) is 59.5 Å². The fourth-order valence-electron chi connectivity index (χ4n) is 4.24. The van der Waals surface area contributed by atoms with Crippen molar-refractivity contribution in [1.82, 2.24) is 24.2 Å². The standard InChI is InChI=1S/C22H24F3N5O3S/c1-14-8-15(2)12-29(11-14)34(32,33)18-5-3-4-16(9-18)21(31)26-10-20-28-27-19-7-6-17(13-30(19)20)22(23,24)25/h3-7,9,13-15H,8,10-12H2,1-2H3,(H,26,31)/t14-,15-/m1/s1. The monoisotopic (exact) mass is 495 g/mol. The molecule has 1 amide bonds. The van der Waals surface area contributed by atoms with Crippen LogP contribution in [0, 0.1) is 11.8 Å². The van der Waals surface area contributed by atoms with E-state index < -0.39 is 27.7 Å². The highest BCUT2D eigenvalue weighted by atomic mass is 32.2. The third-order valence-corrected chi connectivity index (χ3v) is 7.60. The molecule has 1 N–H and O–H groups in total. The number of fused-ring (bicyclic) bond motifs is 1. The van der Waals surface area contributed by atoms with Gasteiger partial charge in [-0.1, -0.05) is 19.9 Å². The fraction of sp³-hybridized carbons (Fsp3) is 0.409. The largest absolute Gasteiger partial charge is 0.417 e. The molecule has 0 unspecified atom stereocenters. The molecule has 1 aliphatic heterocycles.